The normalized spacial score (nSPS) is 24.0. The van der Waals surface area contributed by atoms with E-state index in [0.29, 0.717) is 25.1 Å². The number of carbonyl (C=O) groups excluding carboxylic acids is 2. The van der Waals surface area contributed by atoms with Gasteiger partial charge in [0.15, 0.2) is 5.41 Å². The number of hydrogen-bond donors (Lipinski definition) is 1. The summed E-state index contributed by atoms with van der Waals surface area (Å²) in [5, 5.41) is 2.81. The van der Waals surface area contributed by atoms with Crippen LogP contribution >= 0.6 is 0 Å². The Hall–Kier alpha value is -2.87. The molecule has 0 aliphatic carbocycles. The first-order chi connectivity index (χ1) is 15.8. The van der Waals surface area contributed by atoms with E-state index in [1.54, 1.807) is 29.2 Å². The van der Waals surface area contributed by atoms with Crippen LogP contribution in [0, 0.1) is 11.3 Å². The van der Waals surface area contributed by atoms with Crippen LogP contribution in [0.1, 0.15) is 24.8 Å². The molecule has 5 nitrogen and oxygen atoms in total. The minimum Gasteiger partial charge on any atom is -0.341 e. The molecule has 2 aromatic carbocycles. The van der Waals surface area contributed by atoms with Crippen molar-refractivity contribution in [3.05, 3.63) is 66.2 Å². The van der Waals surface area contributed by atoms with E-state index in [-0.39, 0.29) is 38.5 Å². The molecule has 2 heterocycles. The Bertz CT molecular complexity index is 968. The summed E-state index contributed by atoms with van der Waals surface area (Å²) in [6, 6.07) is 18.2. The van der Waals surface area contributed by atoms with E-state index in [4.69, 9.17) is 0 Å². The number of halogens is 3. The maximum Gasteiger partial charge on any atom is 0.404 e. The molecular formula is C25H28F3N3O2. The third kappa shape index (κ3) is 5.05. The van der Waals surface area contributed by atoms with Gasteiger partial charge in [-0.05, 0) is 43.5 Å². The highest BCUT2D eigenvalue weighted by molar-refractivity contribution is 5.93. The Labute approximate surface area is 191 Å². The third-order valence-electron chi connectivity index (χ3n) is 6.67. The largest absolute Gasteiger partial charge is 0.404 e. The summed E-state index contributed by atoms with van der Waals surface area (Å²) >= 11 is 0. The van der Waals surface area contributed by atoms with Gasteiger partial charge < -0.3 is 10.2 Å². The molecule has 8 heteroatoms. The highest BCUT2D eigenvalue weighted by Crippen LogP contribution is 2.47. The second-order valence-corrected chi connectivity index (χ2v) is 8.97. The third-order valence-corrected chi connectivity index (χ3v) is 6.67. The number of nitrogens with zero attached hydrogens (tertiary/aromatic N) is 2. The number of amides is 2. The van der Waals surface area contributed by atoms with Crippen molar-refractivity contribution in [3.63, 3.8) is 0 Å². The summed E-state index contributed by atoms with van der Waals surface area (Å²) < 4.78 is 43.0. The van der Waals surface area contributed by atoms with Crippen molar-refractivity contribution >= 4 is 17.5 Å². The van der Waals surface area contributed by atoms with E-state index in [1.165, 1.54) is 4.90 Å². The van der Waals surface area contributed by atoms with Crippen LogP contribution in [-0.4, -0.2) is 54.0 Å². The molecule has 2 amide bonds. The molecule has 2 aliphatic heterocycles. The predicted molar refractivity (Wildman–Crippen MR) is 119 cm³/mol. The molecule has 2 unspecified atom stereocenters. The summed E-state index contributed by atoms with van der Waals surface area (Å²) in [6.07, 6.45) is -3.88. The highest BCUT2D eigenvalue weighted by atomic mass is 19.4. The van der Waals surface area contributed by atoms with E-state index in [0.717, 1.165) is 5.56 Å². The Morgan fingerprint density at radius 1 is 1.00 bits per heavy atom. The second kappa shape index (κ2) is 9.55. The van der Waals surface area contributed by atoms with Gasteiger partial charge in [-0.25, -0.2) is 0 Å². The second-order valence-electron chi connectivity index (χ2n) is 8.97. The van der Waals surface area contributed by atoms with E-state index < -0.39 is 23.4 Å². The smallest absolute Gasteiger partial charge is 0.341 e. The number of piperidine rings is 1. The quantitative estimate of drug-likeness (QED) is 0.725. The van der Waals surface area contributed by atoms with Crippen LogP contribution in [0.25, 0.3) is 0 Å². The molecule has 0 bridgehead atoms. The number of benzene rings is 2. The lowest BCUT2D eigenvalue weighted by Crippen LogP contribution is -2.56. The predicted octanol–water partition coefficient (Wildman–Crippen LogP) is 4.32. The molecule has 4 rings (SSSR count). The van der Waals surface area contributed by atoms with Crippen molar-refractivity contribution in [1.82, 2.24) is 9.80 Å². The fourth-order valence-electron chi connectivity index (χ4n) is 4.84. The van der Waals surface area contributed by atoms with E-state index in [9.17, 15) is 22.8 Å². The van der Waals surface area contributed by atoms with Crippen molar-refractivity contribution < 1.29 is 22.8 Å². The number of hydrogen-bond acceptors (Lipinski definition) is 3. The van der Waals surface area contributed by atoms with Crippen molar-refractivity contribution in [2.24, 2.45) is 11.3 Å². The number of para-hydroxylation sites is 1. The molecule has 2 aliphatic rings. The number of carbonyl (C=O) groups is 2. The van der Waals surface area contributed by atoms with Gasteiger partial charge in [0.2, 0.25) is 11.8 Å². The monoisotopic (exact) mass is 459 g/mol. The molecule has 33 heavy (non-hydrogen) atoms. The number of nitrogens with one attached hydrogen (secondary N) is 1. The van der Waals surface area contributed by atoms with Gasteiger partial charge in [-0.15, -0.1) is 0 Å². The first-order valence-electron chi connectivity index (χ1n) is 11.3. The SMILES string of the molecule is O=C(Nc1ccccc1)C1CCCN(C(=O)C2(C(F)(F)F)CCN(Cc3ccccc3)C2)C1. The van der Waals surface area contributed by atoms with Gasteiger partial charge in [-0.1, -0.05) is 48.5 Å². The van der Waals surface area contributed by atoms with Crippen molar-refractivity contribution in [2.45, 2.75) is 32.0 Å². The molecule has 2 fully saturated rings. The van der Waals surface area contributed by atoms with Crippen LogP contribution in [-0.2, 0) is 16.1 Å². The minimum atomic E-state index is -4.66. The lowest BCUT2D eigenvalue weighted by molar-refractivity contribution is -0.224. The number of alkyl halides is 3. The zero-order valence-electron chi connectivity index (χ0n) is 18.4. The lowest BCUT2D eigenvalue weighted by atomic mass is 9.83. The molecule has 0 spiro atoms. The first kappa shape index (κ1) is 23.3. The summed E-state index contributed by atoms with van der Waals surface area (Å²) in [6.45, 7) is 0.458. The molecule has 2 aromatic rings. The van der Waals surface area contributed by atoms with Gasteiger partial charge in [-0.3, -0.25) is 14.5 Å². The standard InChI is InChI=1S/C25H28F3N3O2/c26-25(27,28)24(13-15-30(18-24)16-19-8-3-1-4-9-19)23(33)31-14-7-10-20(17-31)22(32)29-21-11-5-2-6-12-21/h1-6,8-9,11-12,20H,7,10,13-18H2,(H,29,32). The maximum atomic E-state index is 14.3. The summed E-state index contributed by atoms with van der Waals surface area (Å²) in [5.74, 6) is -1.70. The fourth-order valence-corrected chi connectivity index (χ4v) is 4.84. The molecule has 0 aromatic heterocycles. The first-order valence-corrected chi connectivity index (χ1v) is 11.3. The topological polar surface area (TPSA) is 52.7 Å². The number of likely N-dealkylation sites (tertiary alicyclic amines) is 2. The van der Waals surface area contributed by atoms with Crippen LogP contribution in [0.3, 0.4) is 0 Å². The Morgan fingerprint density at radius 2 is 1.67 bits per heavy atom. The zero-order chi connectivity index (χ0) is 23.5. The molecule has 0 saturated carbocycles. The number of rotatable bonds is 5. The van der Waals surface area contributed by atoms with Crippen molar-refractivity contribution in [1.29, 1.82) is 0 Å². The van der Waals surface area contributed by atoms with Crippen LogP contribution in [0.4, 0.5) is 18.9 Å². The molecular weight excluding hydrogens is 431 g/mol. The van der Waals surface area contributed by atoms with E-state index >= 15 is 0 Å². The van der Waals surface area contributed by atoms with Crippen LogP contribution in [0.2, 0.25) is 0 Å². The average Bonchev–Trinajstić information content (AvgIpc) is 3.25. The zero-order valence-corrected chi connectivity index (χ0v) is 18.4. The Balaban J connectivity index is 1.46. The summed E-state index contributed by atoms with van der Waals surface area (Å²) in [5.41, 5.74) is -0.886. The van der Waals surface area contributed by atoms with Gasteiger partial charge in [0.1, 0.15) is 0 Å². The van der Waals surface area contributed by atoms with Gasteiger partial charge in [0, 0.05) is 31.9 Å². The molecule has 2 saturated heterocycles. The fraction of sp³-hybridized carbons (Fsp3) is 0.440. The Morgan fingerprint density at radius 3 is 2.33 bits per heavy atom. The summed E-state index contributed by atoms with van der Waals surface area (Å²) in [4.78, 5) is 29.0. The van der Waals surface area contributed by atoms with E-state index in [2.05, 4.69) is 5.32 Å². The van der Waals surface area contributed by atoms with E-state index in [1.807, 2.05) is 36.4 Å². The highest BCUT2D eigenvalue weighted by Gasteiger charge is 2.64. The summed E-state index contributed by atoms with van der Waals surface area (Å²) in [7, 11) is 0. The van der Waals surface area contributed by atoms with Gasteiger partial charge >= 0.3 is 6.18 Å². The maximum absolute atomic E-state index is 14.3. The average molecular weight is 460 g/mol. The molecule has 1 N–H and O–H groups in total. The van der Waals surface area contributed by atoms with Gasteiger partial charge in [0.25, 0.3) is 0 Å². The van der Waals surface area contributed by atoms with Crippen LogP contribution in [0.5, 0.6) is 0 Å². The van der Waals surface area contributed by atoms with Crippen LogP contribution < -0.4 is 5.32 Å². The van der Waals surface area contributed by atoms with Crippen molar-refractivity contribution in [2.75, 3.05) is 31.5 Å². The molecule has 2 atom stereocenters. The lowest BCUT2D eigenvalue weighted by Gasteiger charge is -2.39. The minimum absolute atomic E-state index is 0.00795. The van der Waals surface area contributed by atoms with Crippen molar-refractivity contribution in [3.8, 4) is 0 Å². The number of anilines is 1. The van der Waals surface area contributed by atoms with Gasteiger partial charge in [-0.2, -0.15) is 13.2 Å². The van der Waals surface area contributed by atoms with Crippen LogP contribution in [0.15, 0.2) is 60.7 Å². The Kier molecular flexibility index (Phi) is 6.74. The molecule has 176 valence electrons. The van der Waals surface area contributed by atoms with Gasteiger partial charge in [0.05, 0.1) is 5.92 Å². The molecule has 0 radical (unpaired) electrons.